The molecule has 1 atom stereocenters. The highest BCUT2D eigenvalue weighted by Crippen LogP contribution is 2.23. The first-order valence-corrected chi connectivity index (χ1v) is 7.00. The standard InChI is InChI=1S/C14H17NO3S/c1-10(14(16)18-3)8-19-9-11-4-5-12(7-15)13(6-11)17-2/h4-6,10H,8-9H2,1-3H3. The molecular formula is C14H17NO3S. The number of rotatable bonds is 6. The van der Waals surface area contributed by atoms with Gasteiger partial charge >= 0.3 is 5.97 Å². The molecule has 0 aliphatic rings. The Morgan fingerprint density at radius 2 is 2.21 bits per heavy atom. The van der Waals surface area contributed by atoms with E-state index in [0.717, 1.165) is 11.3 Å². The first kappa shape index (κ1) is 15.4. The van der Waals surface area contributed by atoms with Crippen LogP contribution in [0.2, 0.25) is 0 Å². The molecule has 19 heavy (non-hydrogen) atoms. The number of thioether (sulfide) groups is 1. The Bertz CT molecular complexity index is 482. The molecule has 1 aromatic carbocycles. The molecule has 0 aliphatic carbocycles. The average molecular weight is 279 g/mol. The van der Waals surface area contributed by atoms with Gasteiger partial charge in [0, 0.05) is 11.5 Å². The van der Waals surface area contributed by atoms with Gasteiger partial charge in [-0.1, -0.05) is 13.0 Å². The molecule has 0 aliphatic heterocycles. The molecular weight excluding hydrogens is 262 g/mol. The van der Waals surface area contributed by atoms with E-state index in [-0.39, 0.29) is 11.9 Å². The molecule has 0 heterocycles. The summed E-state index contributed by atoms with van der Waals surface area (Å²) in [4.78, 5) is 11.2. The fraction of sp³-hybridized carbons (Fsp3) is 0.429. The van der Waals surface area contributed by atoms with E-state index in [1.54, 1.807) is 24.9 Å². The first-order chi connectivity index (χ1) is 9.12. The van der Waals surface area contributed by atoms with Gasteiger partial charge in [0.2, 0.25) is 0 Å². The highest BCUT2D eigenvalue weighted by molar-refractivity contribution is 7.98. The Balaban J connectivity index is 2.55. The van der Waals surface area contributed by atoms with Crippen LogP contribution in [0.1, 0.15) is 18.1 Å². The van der Waals surface area contributed by atoms with Crippen molar-refractivity contribution in [2.75, 3.05) is 20.0 Å². The number of nitrogens with zero attached hydrogens (tertiary/aromatic N) is 1. The first-order valence-electron chi connectivity index (χ1n) is 5.85. The van der Waals surface area contributed by atoms with Gasteiger partial charge in [-0.15, -0.1) is 0 Å². The minimum atomic E-state index is -0.190. The average Bonchev–Trinajstić information content (AvgIpc) is 2.45. The van der Waals surface area contributed by atoms with Crippen LogP contribution in [0.15, 0.2) is 18.2 Å². The third-order valence-electron chi connectivity index (χ3n) is 2.63. The summed E-state index contributed by atoms with van der Waals surface area (Å²) in [5, 5.41) is 8.89. The van der Waals surface area contributed by atoms with E-state index in [9.17, 15) is 4.79 Å². The summed E-state index contributed by atoms with van der Waals surface area (Å²) in [5.74, 6) is 1.75. The van der Waals surface area contributed by atoms with E-state index >= 15 is 0 Å². The fourth-order valence-corrected chi connectivity index (χ4v) is 2.56. The fourth-order valence-electron chi connectivity index (χ4n) is 1.54. The summed E-state index contributed by atoms with van der Waals surface area (Å²) >= 11 is 1.65. The number of carbonyl (C=O) groups is 1. The summed E-state index contributed by atoms with van der Waals surface area (Å²) in [7, 11) is 2.95. The number of nitriles is 1. The predicted octanol–water partition coefficient (Wildman–Crippen LogP) is 2.61. The Kier molecular flexibility index (Phi) is 6.23. The maximum absolute atomic E-state index is 11.2. The van der Waals surface area contributed by atoms with Gasteiger partial charge in [-0.2, -0.15) is 17.0 Å². The molecule has 0 spiro atoms. The Labute approximate surface area is 117 Å². The number of benzene rings is 1. The van der Waals surface area contributed by atoms with Crippen LogP contribution in [0.25, 0.3) is 0 Å². The van der Waals surface area contributed by atoms with E-state index in [1.807, 2.05) is 19.1 Å². The zero-order valence-electron chi connectivity index (χ0n) is 11.3. The van der Waals surface area contributed by atoms with Crippen LogP contribution in [-0.4, -0.2) is 25.9 Å². The maximum atomic E-state index is 11.2. The van der Waals surface area contributed by atoms with E-state index in [1.165, 1.54) is 7.11 Å². The largest absolute Gasteiger partial charge is 0.495 e. The third-order valence-corrected chi connectivity index (χ3v) is 3.90. The molecule has 1 aromatic rings. The number of hydrogen-bond donors (Lipinski definition) is 0. The molecule has 1 unspecified atom stereocenters. The smallest absolute Gasteiger partial charge is 0.309 e. The molecule has 102 valence electrons. The van der Waals surface area contributed by atoms with Crippen molar-refractivity contribution >= 4 is 17.7 Å². The van der Waals surface area contributed by atoms with Crippen LogP contribution >= 0.6 is 11.8 Å². The van der Waals surface area contributed by atoms with Crippen molar-refractivity contribution in [1.82, 2.24) is 0 Å². The van der Waals surface area contributed by atoms with Crippen molar-refractivity contribution < 1.29 is 14.3 Å². The molecule has 5 heteroatoms. The molecule has 0 saturated carbocycles. The zero-order valence-corrected chi connectivity index (χ0v) is 12.1. The summed E-state index contributed by atoms with van der Waals surface area (Å²) < 4.78 is 9.83. The van der Waals surface area contributed by atoms with Crippen LogP contribution in [0.5, 0.6) is 5.75 Å². The van der Waals surface area contributed by atoms with Crippen molar-refractivity contribution in [3.8, 4) is 11.8 Å². The van der Waals surface area contributed by atoms with Gasteiger partial charge in [0.05, 0.1) is 25.7 Å². The third kappa shape index (κ3) is 4.49. The van der Waals surface area contributed by atoms with Gasteiger partial charge in [-0.3, -0.25) is 4.79 Å². The predicted molar refractivity (Wildman–Crippen MR) is 75.1 cm³/mol. The van der Waals surface area contributed by atoms with Crippen LogP contribution in [0, 0.1) is 17.2 Å². The number of hydrogen-bond acceptors (Lipinski definition) is 5. The SMILES string of the molecule is COC(=O)C(C)CSCc1ccc(C#N)c(OC)c1. The molecule has 4 nitrogen and oxygen atoms in total. The lowest BCUT2D eigenvalue weighted by molar-refractivity contribution is -0.143. The second-order valence-electron chi connectivity index (χ2n) is 4.09. The molecule has 1 rings (SSSR count). The van der Waals surface area contributed by atoms with Crippen LogP contribution in [-0.2, 0) is 15.3 Å². The van der Waals surface area contributed by atoms with E-state index in [2.05, 4.69) is 10.8 Å². The van der Waals surface area contributed by atoms with Gasteiger partial charge < -0.3 is 9.47 Å². The van der Waals surface area contributed by atoms with Gasteiger partial charge in [0.1, 0.15) is 11.8 Å². The van der Waals surface area contributed by atoms with Gasteiger partial charge in [-0.05, 0) is 17.7 Å². The normalized spacial score (nSPS) is 11.5. The molecule has 0 amide bonds. The van der Waals surface area contributed by atoms with Gasteiger partial charge in [0.25, 0.3) is 0 Å². The highest BCUT2D eigenvalue weighted by atomic mass is 32.2. The second-order valence-corrected chi connectivity index (χ2v) is 5.12. The summed E-state index contributed by atoms with van der Waals surface area (Å²) in [6, 6.07) is 7.58. The quantitative estimate of drug-likeness (QED) is 0.749. The number of ether oxygens (including phenoxy) is 2. The topological polar surface area (TPSA) is 59.3 Å². The molecule has 0 radical (unpaired) electrons. The lowest BCUT2D eigenvalue weighted by Crippen LogP contribution is -2.14. The minimum absolute atomic E-state index is 0.115. The van der Waals surface area contributed by atoms with Gasteiger partial charge in [-0.25, -0.2) is 0 Å². The van der Waals surface area contributed by atoms with E-state index in [4.69, 9.17) is 10.00 Å². The second kappa shape index (κ2) is 7.70. The Morgan fingerprint density at radius 1 is 1.47 bits per heavy atom. The van der Waals surface area contributed by atoms with E-state index < -0.39 is 0 Å². The van der Waals surface area contributed by atoms with E-state index in [0.29, 0.717) is 17.1 Å². The zero-order chi connectivity index (χ0) is 14.3. The Morgan fingerprint density at radius 3 is 2.79 bits per heavy atom. The maximum Gasteiger partial charge on any atom is 0.309 e. The summed E-state index contributed by atoms with van der Waals surface area (Å²) in [6.07, 6.45) is 0. The molecule has 0 aromatic heterocycles. The van der Waals surface area contributed by atoms with Crippen LogP contribution in [0.4, 0.5) is 0 Å². The molecule has 0 saturated heterocycles. The molecule has 0 bridgehead atoms. The Hall–Kier alpha value is -1.67. The number of esters is 1. The minimum Gasteiger partial charge on any atom is -0.495 e. The summed E-state index contributed by atoms with van der Waals surface area (Å²) in [6.45, 7) is 1.85. The van der Waals surface area contributed by atoms with Crippen LogP contribution < -0.4 is 4.74 Å². The number of methoxy groups -OCH3 is 2. The lowest BCUT2D eigenvalue weighted by Gasteiger charge is -2.09. The number of carbonyl (C=O) groups excluding carboxylic acids is 1. The summed E-state index contributed by atoms with van der Waals surface area (Å²) in [5.41, 5.74) is 1.59. The lowest BCUT2D eigenvalue weighted by atomic mass is 10.1. The van der Waals surface area contributed by atoms with Crippen molar-refractivity contribution in [1.29, 1.82) is 5.26 Å². The molecule has 0 fully saturated rings. The van der Waals surface area contributed by atoms with Crippen molar-refractivity contribution in [2.45, 2.75) is 12.7 Å². The monoisotopic (exact) mass is 279 g/mol. The van der Waals surface area contributed by atoms with Crippen LogP contribution in [0.3, 0.4) is 0 Å². The van der Waals surface area contributed by atoms with Crippen molar-refractivity contribution in [2.24, 2.45) is 5.92 Å². The van der Waals surface area contributed by atoms with Gasteiger partial charge in [0.15, 0.2) is 0 Å². The molecule has 0 N–H and O–H groups in total. The highest BCUT2D eigenvalue weighted by Gasteiger charge is 2.13. The van der Waals surface area contributed by atoms with Crippen molar-refractivity contribution in [3.63, 3.8) is 0 Å². The van der Waals surface area contributed by atoms with Crippen molar-refractivity contribution in [3.05, 3.63) is 29.3 Å².